The van der Waals surface area contributed by atoms with Crippen molar-refractivity contribution in [1.29, 1.82) is 0 Å². The molecule has 1 atom stereocenters. The van der Waals surface area contributed by atoms with Gasteiger partial charge < -0.3 is 19.1 Å². The van der Waals surface area contributed by atoms with Crippen LogP contribution in [-0.2, 0) is 4.74 Å². The number of amides is 1. The number of likely N-dealkylation sites (tertiary alicyclic amines) is 1. The molecule has 36 heavy (non-hydrogen) atoms. The molecular formula is C28H30ClN3O4. The first-order valence-corrected chi connectivity index (χ1v) is 12.2. The number of ether oxygens (including phenoxy) is 3. The summed E-state index contributed by atoms with van der Waals surface area (Å²) in [4.78, 5) is 23.6. The van der Waals surface area contributed by atoms with E-state index in [2.05, 4.69) is 4.98 Å². The summed E-state index contributed by atoms with van der Waals surface area (Å²) >= 11 is 6.55. The summed E-state index contributed by atoms with van der Waals surface area (Å²) in [6, 6.07) is 21.4. The lowest BCUT2D eigenvalue weighted by Crippen LogP contribution is -2.36. The van der Waals surface area contributed by atoms with Gasteiger partial charge in [-0.2, -0.15) is 4.98 Å². The zero-order valence-corrected chi connectivity index (χ0v) is 21.7. The third kappa shape index (κ3) is 6.34. The molecule has 1 saturated heterocycles. The zero-order chi connectivity index (χ0) is 25.7. The van der Waals surface area contributed by atoms with Gasteiger partial charge in [0.15, 0.2) is 11.6 Å². The van der Waals surface area contributed by atoms with Crippen LogP contribution in [0.25, 0.3) is 0 Å². The molecule has 0 saturated carbocycles. The van der Waals surface area contributed by atoms with Gasteiger partial charge in [0.2, 0.25) is 0 Å². The van der Waals surface area contributed by atoms with Gasteiger partial charge in [-0.3, -0.25) is 0 Å². The lowest BCUT2D eigenvalue weighted by Gasteiger charge is -2.24. The van der Waals surface area contributed by atoms with E-state index in [4.69, 9.17) is 30.8 Å². The highest BCUT2D eigenvalue weighted by Gasteiger charge is 2.32. The fourth-order valence-electron chi connectivity index (χ4n) is 3.87. The van der Waals surface area contributed by atoms with Gasteiger partial charge in [0.1, 0.15) is 11.7 Å². The molecule has 1 aliphatic rings. The second-order valence-electron chi connectivity index (χ2n) is 9.45. The number of benzene rings is 2. The largest absolute Gasteiger partial charge is 0.490 e. The fourth-order valence-corrected chi connectivity index (χ4v) is 4.12. The van der Waals surface area contributed by atoms with Gasteiger partial charge in [-0.25, -0.2) is 9.79 Å². The summed E-state index contributed by atoms with van der Waals surface area (Å²) in [6.07, 6.45) is -0.00807. The van der Waals surface area contributed by atoms with Crippen molar-refractivity contribution in [2.75, 3.05) is 20.2 Å². The highest BCUT2D eigenvalue weighted by atomic mass is 35.5. The van der Waals surface area contributed by atoms with Crippen LogP contribution in [0.4, 0.5) is 10.6 Å². The maximum absolute atomic E-state index is 12.4. The maximum Gasteiger partial charge on any atom is 0.410 e. The van der Waals surface area contributed by atoms with Crippen LogP contribution in [-0.4, -0.2) is 53.6 Å². The molecule has 1 aliphatic heterocycles. The Morgan fingerprint density at radius 3 is 2.22 bits per heavy atom. The van der Waals surface area contributed by atoms with E-state index in [1.165, 1.54) is 7.11 Å². The molecule has 7 nitrogen and oxygen atoms in total. The SMILES string of the molecule is COc1c(Cl)cc(N=C(c2ccccc2)c2ccccc2)nc1OC1CCN(C(=O)OC(C)(C)C)C1. The van der Waals surface area contributed by atoms with Crippen molar-refractivity contribution in [1.82, 2.24) is 9.88 Å². The van der Waals surface area contributed by atoms with Gasteiger partial charge in [-0.05, 0) is 20.8 Å². The minimum atomic E-state index is -0.560. The fraction of sp³-hybridized carbons (Fsp3) is 0.321. The van der Waals surface area contributed by atoms with Crippen LogP contribution in [0.2, 0.25) is 5.02 Å². The molecule has 2 aromatic carbocycles. The van der Waals surface area contributed by atoms with Crippen molar-refractivity contribution in [3.63, 3.8) is 0 Å². The summed E-state index contributed by atoms with van der Waals surface area (Å²) in [6.45, 7) is 6.44. The van der Waals surface area contributed by atoms with Crippen LogP contribution in [0, 0.1) is 0 Å². The van der Waals surface area contributed by atoms with E-state index in [9.17, 15) is 4.79 Å². The Morgan fingerprint density at radius 1 is 1.06 bits per heavy atom. The first-order valence-electron chi connectivity index (χ1n) is 11.8. The summed E-state index contributed by atoms with van der Waals surface area (Å²) in [7, 11) is 1.51. The molecule has 0 spiro atoms. The molecule has 1 aromatic heterocycles. The van der Waals surface area contributed by atoms with E-state index in [0.717, 1.165) is 16.8 Å². The van der Waals surface area contributed by atoms with Crippen LogP contribution in [0.15, 0.2) is 71.7 Å². The Hall–Kier alpha value is -3.58. The number of aliphatic imine (C=N–C) groups is 1. The highest BCUT2D eigenvalue weighted by molar-refractivity contribution is 6.32. The van der Waals surface area contributed by atoms with E-state index in [1.807, 2.05) is 81.4 Å². The number of methoxy groups -OCH3 is 1. The van der Waals surface area contributed by atoms with E-state index in [0.29, 0.717) is 36.1 Å². The normalized spacial score (nSPS) is 15.4. The van der Waals surface area contributed by atoms with Crippen molar-refractivity contribution < 1.29 is 19.0 Å². The van der Waals surface area contributed by atoms with Gasteiger partial charge in [0.05, 0.1) is 24.4 Å². The number of hydrogen-bond acceptors (Lipinski definition) is 6. The molecule has 188 valence electrons. The molecule has 0 aliphatic carbocycles. The monoisotopic (exact) mass is 507 g/mol. The first-order chi connectivity index (χ1) is 17.2. The molecule has 4 rings (SSSR count). The lowest BCUT2D eigenvalue weighted by molar-refractivity contribution is 0.0274. The molecule has 0 radical (unpaired) electrons. The molecule has 8 heteroatoms. The Labute approximate surface area is 216 Å². The van der Waals surface area contributed by atoms with Gasteiger partial charge in [-0.1, -0.05) is 72.3 Å². The van der Waals surface area contributed by atoms with Crippen molar-refractivity contribution in [3.05, 3.63) is 82.9 Å². The smallest absolute Gasteiger partial charge is 0.410 e. The van der Waals surface area contributed by atoms with Crippen molar-refractivity contribution in [2.45, 2.75) is 38.9 Å². The van der Waals surface area contributed by atoms with E-state index >= 15 is 0 Å². The van der Waals surface area contributed by atoms with Crippen LogP contribution in [0.3, 0.4) is 0 Å². The quantitative estimate of drug-likeness (QED) is 0.366. The number of hydrogen-bond donors (Lipinski definition) is 0. The van der Waals surface area contributed by atoms with Crippen LogP contribution in [0.1, 0.15) is 38.3 Å². The molecule has 1 amide bonds. The van der Waals surface area contributed by atoms with Gasteiger partial charge in [0, 0.05) is 30.2 Å². The average molecular weight is 508 g/mol. The third-order valence-corrected chi connectivity index (χ3v) is 5.76. The second-order valence-corrected chi connectivity index (χ2v) is 9.86. The maximum atomic E-state index is 12.4. The molecular weight excluding hydrogens is 478 g/mol. The average Bonchev–Trinajstić information content (AvgIpc) is 3.31. The Morgan fingerprint density at radius 2 is 1.67 bits per heavy atom. The van der Waals surface area contributed by atoms with Crippen LogP contribution in [0.5, 0.6) is 11.6 Å². The number of carbonyl (C=O) groups is 1. The predicted octanol–water partition coefficient (Wildman–Crippen LogP) is 6.30. The van der Waals surface area contributed by atoms with Crippen LogP contribution < -0.4 is 9.47 Å². The van der Waals surface area contributed by atoms with Gasteiger partial charge >= 0.3 is 6.09 Å². The molecule has 2 heterocycles. The molecule has 1 fully saturated rings. The van der Waals surface area contributed by atoms with E-state index in [-0.39, 0.29) is 18.1 Å². The molecule has 1 unspecified atom stereocenters. The van der Waals surface area contributed by atoms with Gasteiger partial charge in [-0.15, -0.1) is 0 Å². The molecule has 3 aromatic rings. The number of rotatable bonds is 6. The Kier molecular flexibility index (Phi) is 7.79. The second kappa shape index (κ2) is 11.0. The molecule has 0 N–H and O–H groups in total. The Bertz CT molecular complexity index is 1190. The predicted molar refractivity (Wildman–Crippen MR) is 141 cm³/mol. The van der Waals surface area contributed by atoms with Crippen molar-refractivity contribution in [3.8, 4) is 11.6 Å². The standard InChI is InChI=1S/C28H30ClN3O4/c1-28(2,3)36-27(33)32-16-15-21(18-32)35-26-25(34-4)22(29)17-23(31-26)30-24(19-11-7-5-8-12-19)20-13-9-6-10-14-20/h5-14,17,21H,15-16,18H2,1-4H3. The molecule has 0 bridgehead atoms. The number of halogens is 1. The summed E-state index contributed by atoms with van der Waals surface area (Å²) in [5.41, 5.74) is 2.09. The Balaban J connectivity index is 1.63. The number of nitrogens with zero attached hydrogens (tertiary/aromatic N) is 3. The summed E-state index contributed by atoms with van der Waals surface area (Å²) in [5, 5.41) is 0.337. The minimum Gasteiger partial charge on any atom is -0.490 e. The summed E-state index contributed by atoms with van der Waals surface area (Å²) in [5.74, 6) is 0.952. The number of pyridine rings is 1. The third-order valence-electron chi connectivity index (χ3n) is 5.48. The zero-order valence-electron chi connectivity index (χ0n) is 20.9. The highest BCUT2D eigenvalue weighted by Crippen LogP contribution is 2.37. The lowest BCUT2D eigenvalue weighted by atomic mass is 10.0. The van der Waals surface area contributed by atoms with Crippen molar-refractivity contribution in [2.24, 2.45) is 4.99 Å². The topological polar surface area (TPSA) is 73.3 Å². The number of aromatic nitrogens is 1. The first kappa shape index (κ1) is 25.5. The van der Waals surface area contributed by atoms with E-state index < -0.39 is 5.60 Å². The van der Waals surface area contributed by atoms with E-state index in [1.54, 1.807) is 11.0 Å². The minimum absolute atomic E-state index is 0.236. The van der Waals surface area contributed by atoms with Crippen LogP contribution >= 0.6 is 11.6 Å². The number of carbonyl (C=O) groups excluding carboxylic acids is 1. The van der Waals surface area contributed by atoms with Crippen molar-refractivity contribution >= 4 is 29.2 Å². The summed E-state index contributed by atoms with van der Waals surface area (Å²) < 4.78 is 17.1. The van der Waals surface area contributed by atoms with Gasteiger partial charge in [0.25, 0.3) is 5.88 Å².